The van der Waals surface area contributed by atoms with Gasteiger partial charge in [0.05, 0.1) is 6.61 Å². The first-order valence-electron chi connectivity index (χ1n) is 20.2. The van der Waals surface area contributed by atoms with Crippen molar-refractivity contribution < 1.29 is 42.7 Å². The monoisotopic (exact) mass is 752 g/mol. The molecule has 300 valence electrons. The molecule has 2 N–H and O–H groups in total. The molecule has 9 nitrogen and oxygen atoms in total. The summed E-state index contributed by atoms with van der Waals surface area (Å²) in [7, 11) is -4.78. The van der Waals surface area contributed by atoms with Gasteiger partial charge in [0.15, 0.2) is 11.9 Å². The summed E-state index contributed by atoms with van der Waals surface area (Å²) in [6, 6.07) is 0. The molecule has 10 heteroatoms. The lowest BCUT2D eigenvalue weighted by atomic mass is 10.0. The van der Waals surface area contributed by atoms with E-state index >= 15 is 0 Å². The van der Waals surface area contributed by atoms with Gasteiger partial charge in [-0.15, -0.1) is 0 Å². The number of allylic oxidation sites excluding steroid dienone is 8. The van der Waals surface area contributed by atoms with Gasteiger partial charge in [-0.1, -0.05) is 160 Å². The molecule has 0 fully saturated rings. The third-order valence-electron chi connectivity index (χ3n) is 8.50. The lowest BCUT2D eigenvalue weighted by molar-refractivity contribution is -0.161. The zero-order chi connectivity index (χ0) is 38.5. The van der Waals surface area contributed by atoms with E-state index in [0.717, 1.165) is 57.3 Å². The van der Waals surface area contributed by atoms with Crippen LogP contribution in [0.4, 0.5) is 0 Å². The molecule has 0 aromatic heterocycles. The van der Waals surface area contributed by atoms with Gasteiger partial charge >= 0.3 is 19.8 Å². The Kier molecular flexibility index (Phi) is 34.1. The number of ketones is 1. The largest absolute Gasteiger partial charge is 0.469 e. The van der Waals surface area contributed by atoms with Gasteiger partial charge in [-0.05, 0) is 50.5 Å². The minimum absolute atomic E-state index is 0.165. The maximum atomic E-state index is 12.4. The molecule has 0 amide bonds. The maximum absolute atomic E-state index is 12.4. The molecule has 0 saturated carbocycles. The molecule has 0 bridgehead atoms. The highest BCUT2D eigenvalue weighted by Gasteiger charge is 2.22. The number of hydrogen-bond acceptors (Lipinski definition) is 7. The Hall–Kier alpha value is -2.32. The lowest BCUT2D eigenvalue weighted by Crippen LogP contribution is -2.29. The van der Waals surface area contributed by atoms with Gasteiger partial charge in [-0.25, -0.2) is 4.57 Å². The van der Waals surface area contributed by atoms with Crippen LogP contribution in [0.1, 0.15) is 175 Å². The second-order valence-electron chi connectivity index (χ2n) is 14.1. The number of ether oxygens (including phenoxy) is 2. The van der Waals surface area contributed by atoms with Crippen LogP contribution in [0, 0.1) is 5.92 Å². The van der Waals surface area contributed by atoms with Crippen molar-refractivity contribution in [3.8, 4) is 0 Å². The summed E-state index contributed by atoms with van der Waals surface area (Å²) in [5.74, 6) is -0.00133. The van der Waals surface area contributed by atoms with Crippen LogP contribution in [0.2, 0.25) is 0 Å². The first kappa shape index (κ1) is 49.7. The van der Waals surface area contributed by atoms with Crippen molar-refractivity contribution in [3.05, 3.63) is 48.6 Å². The van der Waals surface area contributed by atoms with Crippen LogP contribution in [0.25, 0.3) is 0 Å². The lowest BCUT2D eigenvalue weighted by Gasteiger charge is -2.18. The molecular formula is C42H73O9P. The van der Waals surface area contributed by atoms with Crippen LogP contribution in [0.3, 0.4) is 0 Å². The van der Waals surface area contributed by atoms with E-state index in [2.05, 4.69) is 37.4 Å². The smallest absolute Gasteiger partial charge is 0.462 e. The maximum Gasteiger partial charge on any atom is 0.469 e. The van der Waals surface area contributed by atoms with E-state index in [-0.39, 0.29) is 25.2 Å². The second kappa shape index (κ2) is 35.7. The van der Waals surface area contributed by atoms with Crippen molar-refractivity contribution in [1.29, 1.82) is 0 Å². The van der Waals surface area contributed by atoms with E-state index in [1.165, 1.54) is 64.2 Å². The molecule has 0 aliphatic carbocycles. The summed E-state index contributed by atoms with van der Waals surface area (Å²) < 4.78 is 26.3. The van der Waals surface area contributed by atoms with Crippen molar-refractivity contribution in [2.24, 2.45) is 5.92 Å². The Balaban J connectivity index is 4.07. The number of hydrogen-bond donors (Lipinski definition) is 2. The molecule has 0 rings (SSSR count). The molecule has 0 saturated heterocycles. The molecule has 0 aliphatic rings. The fraction of sp³-hybridized carbons (Fsp3) is 0.738. The van der Waals surface area contributed by atoms with Crippen LogP contribution in [-0.4, -0.2) is 46.8 Å². The first-order chi connectivity index (χ1) is 25.0. The van der Waals surface area contributed by atoms with Crippen LogP contribution >= 0.6 is 7.82 Å². The fourth-order valence-corrected chi connectivity index (χ4v) is 5.81. The molecule has 0 aliphatic heterocycles. The summed E-state index contributed by atoms with van der Waals surface area (Å²) in [5.41, 5.74) is 0. The van der Waals surface area contributed by atoms with Gasteiger partial charge in [-0.2, -0.15) is 0 Å². The van der Waals surface area contributed by atoms with Gasteiger partial charge in [-0.3, -0.25) is 18.9 Å². The fourth-order valence-electron chi connectivity index (χ4n) is 5.45. The van der Waals surface area contributed by atoms with E-state index in [4.69, 9.17) is 19.3 Å². The number of carbonyl (C=O) groups is 3. The van der Waals surface area contributed by atoms with Gasteiger partial charge < -0.3 is 19.3 Å². The molecule has 52 heavy (non-hydrogen) atoms. The SMILES string of the molecule is CCCCCC(=O)/C=C/C=C\C/C=C\C/C=C\CCCC(=O)OC[C@H](COP(=O)(O)O)OC(=O)CCCCCCCCCCCCCCCC(C)C. The Labute approximate surface area is 316 Å². The number of phosphoric acid groups is 1. The minimum atomic E-state index is -4.78. The number of carbonyl (C=O) groups excluding carboxylic acids is 3. The molecule has 0 heterocycles. The van der Waals surface area contributed by atoms with E-state index in [0.29, 0.717) is 25.7 Å². The Morgan fingerprint density at radius 2 is 1.15 bits per heavy atom. The van der Waals surface area contributed by atoms with Crippen LogP contribution < -0.4 is 0 Å². The average molecular weight is 753 g/mol. The minimum Gasteiger partial charge on any atom is -0.462 e. The Morgan fingerprint density at radius 1 is 0.615 bits per heavy atom. The van der Waals surface area contributed by atoms with Gasteiger partial charge in [0.1, 0.15) is 6.61 Å². The van der Waals surface area contributed by atoms with Crippen molar-refractivity contribution in [1.82, 2.24) is 0 Å². The van der Waals surface area contributed by atoms with E-state index in [9.17, 15) is 18.9 Å². The molecule has 0 unspecified atom stereocenters. The van der Waals surface area contributed by atoms with E-state index < -0.39 is 32.5 Å². The Morgan fingerprint density at radius 3 is 1.75 bits per heavy atom. The summed E-state index contributed by atoms with van der Waals surface area (Å²) in [5, 5.41) is 0. The highest BCUT2D eigenvalue weighted by atomic mass is 31.2. The molecule has 1 atom stereocenters. The topological polar surface area (TPSA) is 136 Å². The third-order valence-corrected chi connectivity index (χ3v) is 8.99. The zero-order valence-corrected chi connectivity index (χ0v) is 33.8. The van der Waals surface area contributed by atoms with Crippen LogP contribution in [-0.2, 0) is 32.9 Å². The Bertz CT molecular complexity index is 1060. The highest BCUT2D eigenvalue weighted by Crippen LogP contribution is 2.36. The predicted molar refractivity (Wildman–Crippen MR) is 212 cm³/mol. The molecule has 0 radical (unpaired) electrons. The van der Waals surface area contributed by atoms with Gasteiger partial charge in [0, 0.05) is 19.3 Å². The van der Waals surface area contributed by atoms with Crippen LogP contribution in [0.5, 0.6) is 0 Å². The van der Waals surface area contributed by atoms with Crippen molar-refractivity contribution in [2.75, 3.05) is 13.2 Å². The van der Waals surface area contributed by atoms with E-state index in [1.54, 1.807) is 12.2 Å². The van der Waals surface area contributed by atoms with Gasteiger partial charge in [0.25, 0.3) is 0 Å². The quantitative estimate of drug-likeness (QED) is 0.0160. The highest BCUT2D eigenvalue weighted by molar-refractivity contribution is 7.46. The summed E-state index contributed by atoms with van der Waals surface area (Å²) in [4.78, 5) is 54.4. The number of unbranched alkanes of at least 4 members (excludes halogenated alkanes) is 15. The van der Waals surface area contributed by atoms with Crippen molar-refractivity contribution in [3.63, 3.8) is 0 Å². The van der Waals surface area contributed by atoms with Crippen molar-refractivity contribution >= 4 is 25.5 Å². The summed E-state index contributed by atoms with van der Waals surface area (Å²) in [6.07, 6.45) is 38.2. The number of esters is 2. The van der Waals surface area contributed by atoms with E-state index in [1.807, 2.05) is 24.3 Å². The summed E-state index contributed by atoms with van der Waals surface area (Å²) >= 11 is 0. The normalized spacial score (nSPS) is 13.0. The van der Waals surface area contributed by atoms with Crippen molar-refractivity contribution in [2.45, 2.75) is 181 Å². The molecule has 0 aromatic rings. The molecule has 0 spiro atoms. The predicted octanol–water partition coefficient (Wildman–Crippen LogP) is 11.4. The van der Waals surface area contributed by atoms with Crippen LogP contribution in [0.15, 0.2) is 48.6 Å². The van der Waals surface area contributed by atoms with Gasteiger partial charge in [0.2, 0.25) is 0 Å². The first-order valence-corrected chi connectivity index (χ1v) is 21.8. The summed E-state index contributed by atoms with van der Waals surface area (Å²) in [6.45, 7) is 5.80. The average Bonchev–Trinajstić information content (AvgIpc) is 3.09. The second-order valence-corrected chi connectivity index (χ2v) is 15.4. The number of rotatable bonds is 36. The third kappa shape index (κ3) is 38.9. The zero-order valence-electron chi connectivity index (χ0n) is 32.9. The molecule has 0 aromatic carbocycles. The standard InChI is InChI=1S/C42H73O9P/c1-4-5-26-32-39(43)33-28-23-19-15-11-9-13-16-20-24-29-34-41(44)49-36-40(37-50-52(46,47)48)51-42(45)35-30-25-21-17-12-8-6-7-10-14-18-22-27-31-38(2)3/h9,11,16,19-20,23,28,33,38,40H,4-8,10,12-15,17-18,21-22,24-27,29-32,34-37H2,1-3H3,(H2,46,47,48)/b11-9-,20-16-,23-19-,33-28+/t40-/m1/s1. The number of phosphoric ester groups is 1. The molecular weight excluding hydrogens is 679 g/mol.